The van der Waals surface area contributed by atoms with Crippen molar-refractivity contribution in [2.45, 2.75) is 69.2 Å². The van der Waals surface area contributed by atoms with Crippen LogP contribution in [0.4, 0.5) is 0 Å². The molecule has 1 aromatic carbocycles. The van der Waals surface area contributed by atoms with Gasteiger partial charge in [-0.05, 0) is 56.6 Å². The van der Waals surface area contributed by atoms with Crippen LogP contribution in [0.25, 0.3) is 0 Å². The van der Waals surface area contributed by atoms with Crippen molar-refractivity contribution in [3.8, 4) is 0 Å². The Bertz CT molecular complexity index is 796. The molecule has 0 bridgehead atoms. The van der Waals surface area contributed by atoms with Gasteiger partial charge in [-0.15, -0.1) is 0 Å². The summed E-state index contributed by atoms with van der Waals surface area (Å²) in [6, 6.07) is 7.23. The van der Waals surface area contributed by atoms with Crippen molar-refractivity contribution in [2.24, 2.45) is 10.9 Å². The van der Waals surface area contributed by atoms with Crippen molar-refractivity contribution in [3.05, 3.63) is 29.8 Å². The molecule has 0 radical (unpaired) electrons. The van der Waals surface area contributed by atoms with Crippen LogP contribution in [0, 0.1) is 5.92 Å². The Morgan fingerprint density at radius 1 is 1.15 bits per heavy atom. The summed E-state index contributed by atoms with van der Waals surface area (Å²) in [6.07, 6.45) is 7.74. The molecular weight excluding hydrogens is 362 g/mol. The molecule has 1 amide bonds. The lowest BCUT2D eigenvalue weighted by Crippen LogP contribution is -2.37. The van der Waals surface area contributed by atoms with Gasteiger partial charge in [0.05, 0.1) is 4.90 Å². The fraction of sp³-hybridized carbons (Fsp3) is 0.600. The zero-order valence-electron chi connectivity index (χ0n) is 15.9. The van der Waals surface area contributed by atoms with Gasteiger partial charge in [0.2, 0.25) is 5.91 Å². The van der Waals surface area contributed by atoms with Crippen LogP contribution in [-0.4, -0.2) is 32.7 Å². The van der Waals surface area contributed by atoms with Crippen LogP contribution in [0.2, 0.25) is 0 Å². The van der Waals surface area contributed by atoms with Crippen LogP contribution in [-0.2, 0) is 14.8 Å². The lowest BCUT2D eigenvalue weighted by molar-refractivity contribution is -0.122. The number of hydrogen-bond donors (Lipinski definition) is 2. The molecule has 2 aliphatic rings. The Labute approximate surface area is 161 Å². The van der Waals surface area contributed by atoms with E-state index in [1.165, 1.54) is 12.8 Å². The van der Waals surface area contributed by atoms with Crippen LogP contribution >= 0.6 is 0 Å². The Morgan fingerprint density at radius 3 is 2.67 bits per heavy atom. The first-order valence-corrected chi connectivity index (χ1v) is 11.4. The third-order valence-electron chi connectivity index (χ3n) is 5.38. The second kappa shape index (κ2) is 8.87. The number of amidine groups is 1. The van der Waals surface area contributed by atoms with E-state index in [4.69, 9.17) is 0 Å². The number of benzene rings is 1. The molecule has 3 rings (SSSR count). The minimum absolute atomic E-state index is 0.151. The number of nitrogens with one attached hydrogen (secondary N) is 2. The molecule has 0 atom stereocenters. The quantitative estimate of drug-likeness (QED) is 0.701. The first-order chi connectivity index (χ1) is 13.0. The van der Waals surface area contributed by atoms with E-state index in [1.54, 1.807) is 18.2 Å². The lowest BCUT2D eigenvalue weighted by atomic mass is 9.87. The molecule has 1 aliphatic carbocycles. The van der Waals surface area contributed by atoms with Gasteiger partial charge >= 0.3 is 0 Å². The first kappa shape index (κ1) is 19.9. The molecule has 27 heavy (non-hydrogen) atoms. The molecule has 1 aliphatic heterocycles. The highest BCUT2D eigenvalue weighted by Gasteiger charge is 2.29. The van der Waals surface area contributed by atoms with Crippen molar-refractivity contribution in [3.63, 3.8) is 0 Å². The highest BCUT2D eigenvalue weighted by atomic mass is 32.2. The summed E-state index contributed by atoms with van der Waals surface area (Å²) >= 11 is 0. The third-order valence-corrected chi connectivity index (χ3v) is 6.77. The molecule has 0 unspecified atom stereocenters. The number of amides is 1. The standard InChI is InChI=1S/C20H29N3O3S/c1-15-10-12-16(13-11-15)22-19(24)9-3-2-6-14-21-20-17-7-4-5-8-18(17)27(25,26)23-20/h4-5,7-8,15-16H,2-3,6,9-14H2,1H3,(H,21,23)(H,22,24). The van der Waals surface area contributed by atoms with Crippen molar-refractivity contribution >= 4 is 21.8 Å². The molecule has 7 heteroatoms. The smallest absolute Gasteiger partial charge is 0.263 e. The van der Waals surface area contributed by atoms with Gasteiger partial charge < -0.3 is 5.32 Å². The lowest BCUT2D eigenvalue weighted by Gasteiger charge is -2.26. The Kier molecular flexibility index (Phi) is 6.52. The van der Waals surface area contributed by atoms with Crippen molar-refractivity contribution in [1.82, 2.24) is 10.0 Å². The number of hydrogen-bond acceptors (Lipinski definition) is 4. The van der Waals surface area contributed by atoms with Crippen molar-refractivity contribution < 1.29 is 13.2 Å². The molecule has 148 valence electrons. The van der Waals surface area contributed by atoms with E-state index in [0.717, 1.165) is 38.0 Å². The molecule has 0 saturated heterocycles. The maximum atomic E-state index is 12.0. The average molecular weight is 392 g/mol. The van der Waals surface area contributed by atoms with Crippen LogP contribution in [0.15, 0.2) is 34.2 Å². The topological polar surface area (TPSA) is 87.6 Å². The molecule has 1 fully saturated rings. The number of unbranched alkanes of at least 4 members (excludes halogenated alkanes) is 2. The molecule has 2 N–H and O–H groups in total. The highest BCUT2D eigenvalue weighted by molar-refractivity contribution is 7.90. The van der Waals surface area contributed by atoms with Crippen molar-refractivity contribution in [2.75, 3.05) is 6.54 Å². The predicted octanol–water partition coefficient (Wildman–Crippen LogP) is 2.98. The number of carbonyl (C=O) groups excluding carboxylic acids is 1. The van der Waals surface area contributed by atoms with Crippen LogP contribution in [0.1, 0.15) is 63.9 Å². The van der Waals surface area contributed by atoms with Gasteiger partial charge in [-0.1, -0.05) is 25.5 Å². The third kappa shape index (κ3) is 5.31. The van der Waals surface area contributed by atoms with Gasteiger partial charge in [0, 0.05) is 24.6 Å². The van der Waals surface area contributed by atoms with E-state index < -0.39 is 10.0 Å². The highest BCUT2D eigenvalue weighted by Crippen LogP contribution is 2.24. The summed E-state index contributed by atoms with van der Waals surface area (Å²) in [4.78, 5) is 16.7. The normalized spacial score (nSPS) is 25.0. The average Bonchev–Trinajstić information content (AvgIpc) is 2.91. The molecule has 6 nitrogen and oxygen atoms in total. The Balaban J connectivity index is 1.35. The van der Waals surface area contributed by atoms with E-state index in [0.29, 0.717) is 30.4 Å². The fourth-order valence-corrected chi connectivity index (χ4v) is 4.97. The summed E-state index contributed by atoms with van der Waals surface area (Å²) in [6.45, 7) is 2.82. The zero-order valence-corrected chi connectivity index (χ0v) is 16.7. The van der Waals surface area contributed by atoms with E-state index in [9.17, 15) is 13.2 Å². The van der Waals surface area contributed by atoms with Crippen LogP contribution < -0.4 is 10.0 Å². The first-order valence-electron chi connectivity index (χ1n) is 9.92. The molecular formula is C20H29N3O3S. The number of sulfonamides is 1. The maximum Gasteiger partial charge on any atom is 0.263 e. The summed E-state index contributed by atoms with van der Waals surface area (Å²) in [7, 11) is -3.46. The monoisotopic (exact) mass is 391 g/mol. The van der Waals surface area contributed by atoms with Gasteiger partial charge in [0.25, 0.3) is 10.0 Å². The second-order valence-corrected chi connectivity index (χ2v) is 9.32. The van der Waals surface area contributed by atoms with Gasteiger partial charge in [-0.2, -0.15) is 0 Å². The molecule has 0 spiro atoms. The van der Waals surface area contributed by atoms with Gasteiger partial charge in [-0.3, -0.25) is 14.5 Å². The molecule has 0 aromatic heterocycles. The molecule has 1 saturated carbocycles. The summed E-state index contributed by atoms with van der Waals surface area (Å²) in [5.41, 5.74) is 0.638. The maximum absolute atomic E-state index is 12.0. The van der Waals surface area contributed by atoms with Crippen LogP contribution in [0.3, 0.4) is 0 Å². The number of aliphatic imine (C=N–C) groups is 1. The van der Waals surface area contributed by atoms with Crippen molar-refractivity contribution in [1.29, 1.82) is 0 Å². The summed E-state index contributed by atoms with van der Waals surface area (Å²) in [5.74, 6) is 1.37. The van der Waals surface area contributed by atoms with E-state index in [1.807, 2.05) is 6.07 Å². The number of carbonyl (C=O) groups is 1. The number of rotatable bonds is 7. The fourth-order valence-electron chi connectivity index (χ4n) is 3.72. The van der Waals surface area contributed by atoms with E-state index in [2.05, 4.69) is 22.0 Å². The Morgan fingerprint density at radius 2 is 1.89 bits per heavy atom. The molecule has 1 aromatic rings. The second-order valence-electron chi connectivity index (χ2n) is 7.67. The zero-order chi connectivity index (χ0) is 19.3. The van der Waals surface area contributed by atoms with Crippen LogP contribution in [0.5, 0.6) is 0 Å². The SMILES string of the molecule is CC1CCC(NC(=O)CCCCCN=C2NS(=O)(=O)c3ccccc32)CC1. The number of fused-ring (bicyclic) bond motifs is 1. The largest absolute Gasteiger partial charge is 0.353 e. The van der Waals surface area contributed by atoms with Gasteiger partial charge in [-0.25, -0.2) is 8.42 Å². The van der Waals surface area contributed by atoms with E-state index >= 15 is 0 Å². The Hall–Kier alpha value is -1.89. The summed E-state index contributed by atoms with van der Waals surface area (Å²) in [5, 5.41) is 3.15. The predicted molar refractivity (Wildman–Crippen MR) is 106 cm³/mol. The molecule has 1 heterocycles. The minimum Gasteiger partial charge on any atom is -0.353 e. The summed E-state index contributed by atoms with van der Waals surface area (Å²) < 4.78 is 26.5. The van der Waals surface area contributed by atoms with E-state index in [-0.39, 0.29) is 10.8 Å². The minimum atomic E-state index is -3.46. The number of nitrogens with zero attached hydrogens (tertiary/aromatic N) is 1. The van der Waals surface area contributed by atoms with Gasteiger partial charge in [0.1, 0.15) is 5.84 Å². The van der Waals surface area contributed by atoms with Gasteiger partial charge in [0.15, 0.2) is 0 Å².